The Morgan fingerprint density at radius 2 is 2.38 bits per heavy atom. The number of carbonyl (C=O) groups excluding carboxylic acids is 1. The highest BCUT2D eigenvalue weighted by Gasteiger charge is 2.20. The molecule has 3 N–H and O–H groups in total. The van der Waals surface area contributed by atoms with Gasteiger partial charge in [-0.2, -0.15) is 11.8 Å². The summed E-state index contributed by atoms with van der Waals surface area (Å²) in [6.45, 7) is 0.325. The molecule has 1 aliphatic carbocycles. The second-order valence-electron chi connectivity index (χ2n) is 3.57. The molecule has 2 atom stereocenters. The van der Waals surface area contributed by atoms with Gasteiger partial charge in [0.05, 0.1) is 6.54 Å². The van der Waals surface area contributed by atoms with E-state index >= 15 is 0 Å². The Hall–Kier alpha value is -0.220. The van der Waals surface area contributed by atoms with Gasteiger partial charge in [-0.1, -0.05) is 6.42 Å². The van der Waals surface area contributed by atoms with E-state index in [1.807, 2.05) is 11.8 Å². The van der Waals surface area contributed by atoms with Crippen molar-refractivity contribution in [2.75, 3.05) is 12.8 Å². The number of carbonyl (C=O) groups is 1. The van der Waals surface area contributed by atoms with Crippen molar-refractivity contribution >= 4 is 17.7 Å². The van der Waals surface area contributed by atoms with Gasteiger partial charge in [0.1, 0.15) is 0 Å². The van der Waals surface area contributed by atoms with Crippen molar-refractivity contribution in [2.45, 2.75) is 37.0 Å². The highest BCUT2D eigenvalue weighted by molar-refractivity contribution is 7.99. The number of amides is 1. The van der Waals surface area contributed by atoms with Crippen molar-refractivity contribution < 1.29 is 4.79 Å². The van der Waals surface area contributed by atoms with Gasteiger partial charge in [-0.15, -0.1) is 0 Å². The molecule has 0 spiro atoms. The summed E-state index contributed by atoms with van der Waals surface area (Å²) < 4.78 is 0. The molecule has 0 aromatic rings. The summed E-state index contributed by atoms with van der Waals surface area (Å²) in [6.07, 6.45) is 7.10. The molecule has 1 amide bonds. The van der Waals surface area contributed by atoms with E-state index < -0.39 is 0 Å². The van der Waals surface area contributed by atoms with Crippen molar-refractivity contribution in [1.82, 2.24) is 5.32 Å². The van der Waals surface area contributed by atoms with Crippen LogP contribution in [0.25, 0.3) is 0 Å². The number of nitrogens with one attached hydrogen (secondary N) is 1. The third-order valence-corrected chi connectivity index (χ3v) is 3.62. The van der Waals surface area contributed by atoms with Crippen molar-refractivity contribution in [1.29, 1.82) is 0 Å². The zero-order chi connectivity index (χ0) is 9.68. The van der Waals surface area contributed by atoms with Crippen LogP contribution in [-0.4, -0.2) is 30.0 Å². The summed E-state index contributed by atoms with van der Waals surface area (Å²) in [5.41, 5.74) is 5.07. The standard InChI is InChI=1S/C9H18N2OS/c1-13-8-4-2-3-7(5-8)11-6-9(10)12/h7-8,11H,2-6H2,1H3,(H2,10,12). The fourth-order valence-corrected chi connectivity index (χ4v) is 2.62. The molecule has 0 aliphatic heterocycles. The molecule has 0 heterocycles. The first-order valence-electron chi connectivity index (χ1n) is 4.77. The molecule has 1 rings (SSSR count). The Balaban J connectivity index is 2.21. The molecule has 2 unspecified atom stereocenters. The van der Waals surface area contributed by atoms with Gasteiger partial charge >= 0.3 is 0 Å². The highest BCUT2D eigenvalue weighted by Crippen LogP contribution is 2.26. The van der Waals surface area contributed by atoms with E-state index in [9.17, 15) is 4.79 Å². The molecular formula is C9H18N2OS. The van der Waals surface area contributed by atoms with E-state index in [2.05, 4.69) is 11.6 Å². The zero-order valence-electron chi connectivity index (χ0n) is 8.08. The molecule has 1 fully saturated rings. The number of nitrogens with two attached hydrogens (primary N) is 1. The third kappa shape index (κ3) is 4.00. The summed E-state index contributed by atoms with van der Waals surface area (Å²) in [5, 5.41) is 3.96. The minimum absolute atomic E-state index is 0.258. The van der Waals surface area contributed by atoms with Crippen molar-refractivity contribution in [3.63, 3.8) is 0 Å². The molecule has 0 saturated heterocycles. The van der Waals surface area contributed by atoms with Crippen LogP contribution in [-0.2, 0) is 4.79 Å². The van der Waals surface area contributed by atoms with Gasteiger partial charge in [0.25, 0.3) is 0 Å². The van der Waals surface area contributed by atoms with Crippen molar-refractivity contribution in [2.24, 2.45) is 5.73 Å². The zero-order valence-corrected chi connectivity index (χ0v) is 8.90. The summed E-state index contributed by atoms with van der Waals surface area (Å²) in [6, 6.07) is 0.499. The Morgan fingerprint density at radius 3 is 3.00 bits per heavy atom. The predicted molar refractivity (Wildman–Crippen MR) is 56.8 cm³/mol. The predicted octanol–water partition coefficient (Wildman–Crippen LogP) is 0.736. The minimum atomic E-state index is -0.258. The molecule has 0 bridgehead atoms. The smallest absolute Gasteiger partial charge is 0.231 e. The summed E-state index contributed by atoms with van der Waals surface area (Å²) in [5.74, 6) is -0.258. The third-order valence-electron chi connectivity index (χ3n) is 2.52. The lowest BCUT2D eigenvalue weighted by Crippen LogP contribution is -2.40. The average Bonchev–Trinajstić information content (AvgIpc) is 2.15. The van der Waals surface area contributed by atoms with Crippen LogP contribution < -0.4 is 11.1 Å². The molecule has 4 heteroatoms. The monoisotopic (exact) mass is 202 g/mol. The number of rotatable bonds is 4. The minimum Gasteiger partial charge on any atom is -0.369 e. The first-order chi connectivity index (χ1) is 6.22. The van der Waals surface area contributed by atoms with E-state index in [0.717, 1.165) is 5.25 Å². The maximum atomic E-state index is 10.5. The summed E-state index contributed by atoms with van der Waals surface area (Å²) >= 11 is 1.93. The van der Waals surface area contributed by atoms with Crippen LogP contribution in [0.1, 0.15) is 25.7 Å². The van der Waals surface area contributed by atoms with Gasteiger partial charge in [0.15, 0.2) is 0 Å². The van der Waals surface area contributed by atoms with Crippen LogP contribution in [0.2, 0.25) is 0 Å². The first-order valence-corrected chi connectivity index (χ1v) is 6.05. The average molecular weight is 202 g/mol. The topological polar surface area (TPSA) is 55.1 Å². The fourth-order valence-electron chi connectivity index (χ4n) is 1.79. The fraction of sp³-hybridized carbons (Fsp3) is 0.889. The lowest BCUT2D eigenvalue weighted by molar-refractivity contribution is -0.117. The first kappa shape index (κ1) is 10.9. The quantitative estimate of drug-likeness (QED) is 0.707. The van der Waals surface area contributed by atoms with Crippen LogP contribution in [0.4, 0.5) is 0 Å². The van der Waals surface area contributed by atoms with Crippen molar-refractivity contribution in [3.8, 4) is 0 Å². The second kappa shape index (κ2) is 5.50. The number of hydrogen-bond donors (Lipinski definition) is 2. The van der Waals surface area contributed by atoms with Gasteiger partial charge in [0, 0.05) is 11.3 Å². The lowest BCUT2D eigenvalue weighted by atomic mass is 9.95. The molecule has 3 nitrogen and oxygen atoms in total. The second-order valence-corrected chi connectivity index (χ2v) is 4.71. The largest absolute Gasteiger partial charge is 0.369 e. The number of primary amides is 1. The molecular weight excluding hydrogens is 184 g/mol. The molecule has 13 heavy (non-hydrogen) atoms. The van der Waals surface area contributed by atoms with Gasteiger partial charge < -0.3 is 11.1 Å². The Labute approximate surface area is 83.8 Å². The van der Waals surface area contributed by atoms with Crippen LogP contribution in [0.15, 0.2) is 0 Å². The molecule has 0 aromatic heterocycles. The van der Waals surface area contributed by atoms with Gasteiger partial charge in [-0.25, -0.2) is 0 Å². The molecule has 0 aromatic carbocycles. The summed E-state index contributed by atoms with van der Waals surface area (Å²) in [7, 11) is 0. The Morgan fingerprint density at radius 1 is 1.62 bits per heavy atom. The summed E-state index contributed by atoms with van der Waals surface area (Å²) in [4.78, 5) is 10.5. The maximum Gasteiger partial charge on any atom is 0.231 e. The van der Waals surface area contributed by atoms with Gasteiger partial charge in [-0.05, 0) is 25.5 Å². The van der Waals surface area contributed by atoms with Crippen LogP contribution in [0, 0.1) is 0 Å². The van der Waals surface area contributed by atoms with E-state index in [4.69, 9.17) is 5.73 Å². The molecule has 1 saturated carbocycles. The Bertz CT molecular complexity index is 175. The Kier molecular flexibility index (Phi) is 4.59. The van der Waals surface area contributed by atoms with E-state index in [1.165, 1.54) is 25.7 Å². The molecule has 76 valence electrons. The van der Waals surface area contributed by atoms with Crippen LogP contribution in [0.3, 0.4) is 0 Å². The van der Waals surface area contributed by atoms with Crippen LogP contribution in [0.5, 0.6) is 0 Å². The van der Waals surface area contributed by atoms with E-state index in [1.54, 1.807) is 0 Å². The maximum absolute atomic E-state index is 10.5. The van der Waals surface area contributed by atoms with E-state index in [-0.39, 0.29) is 5.91 Å². The highest BCUT2D eigenvalue weighted by atomic mass is 32.2. The molecule has 1 aliphatic rings. The van der Waals surface area contributed by atoms with Crippen LogP contribution >= 0.6 is 11.8 Å². The lowest BCUT2D eigenvalue weighted by Gasteiger charge is -2.28. The number of thioether (sulfide) groups is 1. The molecule has 0 radical (unpaired) electrons. The van der Waals surface area contributed by atoms with Gasteiger partial charge in [0.2, 0.25) is 5.91 Å². The normalized spacial score (nSPS) is 28.7. The van der Waals surface area contributed by atoms with Crippen molar-refractivity contribution in [3.05, 3.63) is 0 Å². The van der Waals surface area contributed by atoms with Gasteiger partial charge in [-0.3, -0.25) is 4.79 Å². The SMILES string of the molecule is CSC1CCCC(NCC(N)=O)C1. The van der Waals surface area contributed by atoms with E-state index in [0.29, 0.717) is 12.6 Å². The number of hydrogen-bond acceptors (Lipinski definition) is 3.